The fourth-order valence-corrected chi connectivity index (χ4v) is 2.66. The smallest absolute Gasteiger partial charge is 0.265 e. The van der Waals surface area contributed by atoms with Crippen LogP contribution in [0.25, 0.3) is 0 Å². The Bertz CT molecular complexity index is 749. The minimum Gasteiger partial charge on any atom is -0.310 e. The average molecular weight is 269 g/mol. The number of amides is 1. The van der Waals surface area contributed by atoms with Gasteiger partial charge in [0.1, 0.15) is 11.4 Å². The van der Waals surface area contributed by atoms with E-state index in [0.717, 1.165) is 17.7 Å². The van der Waals surface area contributed by atoms with Gasteiger partial charge < -0.3 is 9.88 Å². The zero-order valence-corrected chi connectivity index (χ0v) is 11.4. The van der Waals surface area contributed by atoms with Crippen LogP contribution in [0.3, 0.4) is 0 Å². The number of fused-ring (bicyclic) bond motifs is 1. The lowest BCUT2D eigenvalue weighted by Crippen LogP contribution is -2.35. The number of anilines is 1. The maximum Gasteiger partial charge on any atom is 0.265 e. The second-order valence-electron chi connectivity index (χ2n) is 4.95. The lowest BCUT2D eigenvalue weighted by Gasteiger charge is -2.17. The van der Waals surface area contributed by atoms with Crippen LogP contribution in [0.4, 0.5) is 5.69 Å². The molecule has 0 bridgehead atoms. The van der Waals surface area contributed by atoms with E-state index in [1.807, 2.05) is 24.3 Å². The second kappa shape index (κ2) is 4.59. The van der Waals surface area contributed by atoms with Crippen molar-refractivity contribution in [1.29, 1.82) is 0 Å². The standard InChI is InChI=1S/C15H15N3O2/c1-9-13(14(19)17-10(2)16-9)15(20)18-8-7-11-5-3-4-6-12(11)18/h3-6H,7-8H2,1-2H3,(H,16,17,19). The van der Waals surface area contributed by atoms with E-state index in [0.29, 0.717) is 18.1 Å². The van der Waals surface area contributed by atoms with Crippen molar-refractivity contribution in [2.24, 2.45) is 0 Å². The van der Waals surface area contributed by atoms with Gasteiger partial charge in [0.2, 0.25) is 0 Å². The van der Waals surface area contributed by atoms with Crippen LogP contribution in [0, 0.1) is 13.8 Å². The molecule has 1 aromatic heterocycles. The highest BCUT2D eigenvalue weighted by Crippen LogP contribution is 2.28. The van der Waals surface area contributed by atoms with Gasteiger partial charge in [-0.2, -0.15) is 0 Å². The number of carbonyl (C=O) groups is 1. The Hall–Kier alpha value is -2.43. The van der Waals surface area contributed by atoms with Crippen molar-refractivity contribution < 1.29 is 4.79 Å². The van der Waals surface area contributed by atoms with Crippen LogP contribution in [0.5, 0.6) is 0 Å². The first-order chi connectivity index (χ1) is 9.58. The van der Waals surface area contributed by atoms with Gasteiger partial charge in [-0.3, -0.25) is 9.59 Å². The SMILES string of the molecule is Cc1nc(C)c(C(=O)N2CCc3ccccc32)c(=O)[nH]1. The molecule has 0 saturated heterocycles. The number of para-hydroxylation sites is 1. The molecule has 2 aromatic rings. The predicted octanol–water partition coefficient (Wildman–Crippen LogP) is 1.59. The molecular formula is C15H15N3O2. The summed E-state index contributed by atoms with van der Waals surface area (Å²) in [6, 6.07) is 7.77. The van der Waals surface area contributed by atoms with E-state index in [1.54, 1.807) is 18.7 Å². The van der Waals surface area contributed by atoms with Crippen LogP contribution >= 0.6 is 0 Å². The van der Waals surface area contributed by atoms with Gasteiger partial charge in [0, 0.05) is 12.2 Å². The second-order valence-corrected chi connectivity index (χ2v) is 4.95. The number of benzene rings is 1. The monoisotopic (exact) mass is 269 g/mol. The van der Waals surface area contributed by atoms with Crippen LogP contribution < -0.4 is 10.5 Å². The van der Waals surface area contributed by atoms with E-state index >= 15 is 0 Å². The topological polar surface area (TPSA) is 66.1 Å². The van der Waals surface area contributed by atoms with Crippen LogP contribution in [0.1, 0.15) is 27.4 Å². The third-order valence-corrected chi connectivity index (χ3v) is 3.56. The summed E-state index contributed by atoms with van der Waals surface area (Å²) in [5.74, 6) is 0.243. The van der Waals surface area contributed by atoms with E-state index in [2.05, 4.69) is 9.97 Å². The Kier molecular flexibility index (Phi) is 2.89. The molecule has 0 radical (unpaired) electrons. The fraction of sp³-hybridized carbons (Fsp3) is 0.267. The summed E-state index contributed by atoms with van der Waals surface area (Å²) in [4.78, 5) is 33.1. The average Bonchev–Trinajstić information content (AvgIpc) is 2.81. The van der Waals surface area contributed by atoms with Crippen molar-refractivity contribution in [3.63, 3.8) is 0 Å². The Balaban J connectivity index is 2.06. The first-order valence-electron chi connectivity index (χ1n) is 6.55. The minimum absolute atomic E-state index is 0.132. The van der Waals surface area contributed by atoms with Gasteiger partial charge in [0.15, 0.2) is 0 Å². The highest BCUT2D eigenvalue weighted by Gasteiger charge is 2.28. The molecule has 0 fully saturated rings. The molecule has 20 heavy (non-hydrogen) atoms. The molecule has 0 spiro atoms. The molecule has 102 valence electrons. The molecular weight excluding hydrogens is 254 g/mol. The van der Waals surface area contributed by atoms with Gasteiger partial charge in [0.25, 0.3) is 11.5 Å². The van der Waals surface area contributed by atoms with E-state index in [-0.39, 0.29) is 17.0 Å². The number of hydrogen-bond acceptors (Lipinski definition) is 3. The van der Waals surface area contributed by atoms with Crippen molar-refractivity contribution in [3.8, 4) is 0 Å². The Labute approximate surface area is 116 Å². The first kappa shape index (κ1) is 12.6. The van der Waals surface area contributed by atoms with Gasteiger partial charge in [-0.1, -0.05) is 18.2 Å². The van der Waals surface area contributed by atoms with E-state index in [1.165, 1.54) is 0 Å². The van der Waals surface area contributed by atoms with E-state index in [4.69, 9.17) is 0 Å². The molecule has 1 aromatic carbocycles. The molecule has 0 unspecified atom stereocenters. The number of hydrogen-bond donors (Lipinski definition) is 1. The Morgan fingerprint density at radius 1 is 1.30 bits per heavy atom. The molecule has 1 amide bonds. The van der Waals surface area contributed by atoms with Crippen molar-refractivity contribution in [3.05, 3.63) is 57.3 Å². The molecule has 0 atom stereocenters. The van der Waals surface area contributed by atoms with Crippen molar-refractivity contribution in [2.45, 2.75) is 20.3 Å². The summed E-state index contributed by atoms with van der Waals surface area (Å²) >= 11 is 0. The minimum atomic E-state index is -0.371. The van der Waals surface area contributed by atoms with Gasteiger partial charge in [-0.15, -0.1) is 0 Å². The van der Waals surface area contributed by atoms with Crippen LogP contribution in [0.2, 0.25) is 0 Å². The highest BCUT2D eigenvalue weighted by molar-refractivity contribution is 6.07. The normalized spacial score (nSPS) is 13.4. The lowest BCUT2D eigenvalue weighted by molar-refractivity contribution is 0.0987. The number of nitrogens with zero attached hydrogens (tertiary/aromatic N) is 2. The van der Waals surface area contributed by atoms with Crippen LogP contribution in [-0.4, -0.2) is 22.4 Å². The molecule has 1 aliphatic rings. The molecule has 2 heterocycles. The summed E-state index contributed by atoms with van der Waals surface area (Å²) in [7, 11) is 0. The molecule has 5 heteroatoms. The molecule has 3 rings (SSSR count). The number of H-pyrrole nitrogens is 1. The molecule has 5 nitrogen and oxygen atoms in total. The molecule has 1 aliphatic heterocycles. The number of rotatable bonds is 1. The van der Waals surface area contributed by atoms with E-state index in [9.17, 15) is 9.59 Å². The fourth-order valence-electron chi connectivity index (χ4n) is 2.66. The van der Waals surface area contributed by atoms with Gasteiger partial charge >= 0.3 is 0 Å². The third kappa shape index (κ3) is 1.91. The summed E-state index contributed by atoms with van der Waals surface area (Å²) < 4.78 is 0. The van der Waals surface area contributed by atoms with Crippen molar-refractivity contribution in [2.75, 3.05) is 11.4 Å². The summed E-state index contributed by atoms with van der Waals surface area (Å²) in [5.41, 5.74) is 2.25. The zero-order chi connectivity index (χ0) is 14.3. The van der Waals surface area contributed by atoms with Gasteiger partial charge in [-0.25, -0.2) is 4.98 Å². The maximum atomic E-state index is 12.6. The Morgan fingerprint density at radius 2 is 2.05 bits per heavy atom. The lowest BCUT2D eigenvalue weighted by atomic mass is 10.1. The van der Waals surface area contributed by atoms with Crippen LogP contribution in [0.15, 0.2) is 29.1 Å². The van der Waals surface area contributed by atoms with E-state index < -0.39 is 0 Å². The number of carbonyl (C=O) groups excluding carboxylic acids is 1. The highest BCUT2D eigenvalue weighted by atomic mass is 16.2. The number of aryl methyl sites for hydroxylation is 2. The van der Waals surface area contributed by atoms with Crippen molar-refractivity contribution >= 4 is 11.6 Å². The third-order valence-electron chi connectivity index (χ3n) is 3.56. The zero-order valence-electron chi connectivity index (χ0n) is 11.4. The maximum absolute atomic E-state index is 12.6. The first-order valence-corrected chi connectivity index (χ1v) is 6.55. The van der Waals surface area contributed by atoms with Crippen LogP contribution in [-0.2, 0) is 6.42 Å². The molecule has 1 N–H and O–H groups in total. The number of aromatic amines is 1. The number of nitrogens with one attached hydrogen (secondary N) is 1. The summed E-state index contributed by atoms with van der Waals surface area (Å²) in [5, 5.41) is 0. The predicted molar refractivity (Wildman–Crippen MR) is 76.2 cm³/mol. The van der Waals surface area contributed by atoms with Crippen molar-refractivity contribution in [1.82, 2.24) is 9.97 Å². The largest absolute Gasteiger partial charge is 0.310 e. The summed E-state index contributed by atoms with van der Waals surface area (Å²) in [6.45, 7) is 4.00. The molecule has 0 aliphatic carbocycles. The number of aromatic nitrogens is 2. The molecule has 0 saturated carbocycles. The quantitative estimate of drug-likeness (QED) is 0.855. The van der Waals surface area contributed by atoms with Gasteiger partial charge in [-0.05, 0) is 31.9 Å². The van der Waals surface area contributed by atoms with Gasteiger partial charge in [0.05, 0.1) is 5.69 Å². The summed E-state index contributed by atoms with van der Waals surface area (Å²) in [6.07, 6.45) is 0.818. The Morgan fingerprint density at radius 3 is 2.80 bits per heavy atom.